The quantitative estimate of drug-likeness (QED) is 0.636. The second-order valence-electron chi connectivity index (χ2n) is 5.24. The Balaban J connectivity index is 1.74. The van der Waals surface area contributed by atoms with E-state index in [2.05, 4.69) is 5.32 Å². The molecule has 0 spiro atoms. The van der Waals surface area contributed by atoms with Crippen LogP contribution in [0.5, 0.6) is 0 Å². The van der Waals surface area contributed by atoms with Crippen molar-refractivity contribution >= 4 is 10.0 Å². The zero-order valence-corrected chi connectivity index (χ0v) is 11.5. The fraction of sp³-hybridized carbons (Fsp3) is 1.00. The van der Waals surface area contributed by atoms with Crippen molar-refractivity contribution in [3.63, 3.8) is 0 Å². The minimum absolute atomic E-state index is 0.309. The van der Waals surface area contributed by atoms with Gasteiger partial charge in [-0.05, 0) is 45.1 Å². The molecule has 5 heteroatoms. The summed E-state index contributed by atoms with van der Waals surface area (Å²) >= 11 is 0. The molecule has 2 rings (SSSR count). The third-order valence-corrected chi connectivity index (χ3v) is 5.34. The normalized spacial score (nSPS) is 21.1. The van der Waals surface area contributed by atoms with Gasteiger partial charge in [0.25, 0.3) is 0 Å². The fourth-order valence-corrected chi connectivity index (χ4v) is 3.97. The van der Waals surface area contributed by atoms with Crippen LogP contribution in [0.1, 0.15) is 45.4 Å². The van der Waals surface area contributed by atoms with Crippen LogP contribution in [-0.4, -0.2) is 43.6 Å². The molecule has 2 fully saturated rings. The monoisotopic (exact) mass is 260 g/mol. The molecule has 0 saturated heterocycles. The summed E-state index contributed by atoms with van der Waals surface area (Å²) in [6.07, 6.45) is 6.29. The van der Waals surface area contributed by atoms with E-state index in [1.165, 1.54) is 12.8 Å². The molecule has 100 valence electrons. The third kappa shape index (κ3) is 4.23. The number of nitrogens with one attached hydrogen (secondary N) is 1. The number of rotatable bonds is 9. The lowest BCUT2D eigenvalue weighted by Crippen LogP contribution is -2.36. The van der Waals surface area contributed by atoms with E-state index in [1.54, 1.807) is 4.31 Å². The highest BCUT2D eigenvalue weighted by molar-refractivity contribution is 7.89. The number of hydrogen-bond acceptors (Lipinski definition) is 3. The Labute approximate surface area is 105 Å². The van der Waals surface area contributed by atoms with E-state index in [1.807, 2.05) is 6.92 Å². The van der Waals surface area contributed by atoms with Crippen LogP contribution in [0.4, 0.5) is 0 Å². The Morgan fingerprint density at radius 2 is 1.94 bits per heavy atom. The number of hydrogen-bond donors (Lipinski definition) is 1. The lowest BCUT2D eigenvalue weighted by atomic mass is 10.5. The maximum Gasteiger partial charge on any atom is 0.214 e. The smallest absolute Gasteiger partial charge is 0.214 e. The lowest BCUT2D eigenvalue weighted by molar-refractivity contribution is 0.402. The van der Waals surface area contributed by atoms with Crippen LogP contribution in [0.15, 0.2) is 0 Å². The first kappa shape index (κ1) is 13.3. The molecule has 2 aliphatic carbocycles. The SMILES string of the molecule is CCCN(C1CC1)S(=O)(=O)CCCNC1CC1. The van der Waals surface area contributed by atoms with Crippen LogP contribution in [0.2, 0.25) is 0 Å². The summed E-state index contributed by atoms with van der Waals surface area (Å²) in [6.45, 7) is 3.58. The summed E-state index contributed by atoms with van der Waals surface area (Å²) in [4.78, 5) is 0. The molecule has 2 saturated carbocycles. The Hall–Kier alpha value is -0.130. The van der Waals surface area contributed by atoms with E-state index < -0.39 is 10.0 Å². The standard InChI is InChI=1S/C12H24N2O2S/c1-2-9-14(12-6-7-12)17(15,16)10-3-8-13-11-4-5-11/h11-13H,2-10H2,1H3. The van der Waals surface area contributed by atoms with Gasteiger partial charge in [0.2, 0.25) is 10.0 Å². The molecule has 4 nitrogen and oxygen atoms in total. The first-order valence-electron chi connectivity index (χ1n) is 6.86. The fourth-order valence-electron chi connectivity index (χ4n) is 2.10. The van der Waals surface area contributed by atoms with Crippen LogP contribution in [0.3, 0.4) is 0 Å². The highest BCUT2D eigenvalue weighted by atomic mass is 32.2. The van der Waals surface area contributed by atoms with Crippen molar-refractivity contribution in [1.29, 1.82) is 0 Å². The molecule has 0 atom stereocenters. The molecule has 0 radical (unpaired) electrons. The molecule has 0 aromatic rings. The van der Waals surface area contributed by atoms with Gasteiger partial charge in [-0.25, -0.2) is 8.42 Å². The molecule has 0 amide bonds. The van der Waals surface area contributed by atoms with Crippen LogP contribution >= 0.6 is 0 Å². The average Bonchev–Trinajstić information content (AvgIpc) is 3.14. The first-order chi connectivity index (χ1) is 8.13. The zero-order valence-electron chi connectivity index (χ0n) is 10.7. The highest BCUT2D eigenvalue weighted by Gasteiger charge is 2.36. The molecule has 2 aliphatic rings. The van der Waals surface area contributed by atoms with Crippen molar-refractivity contribution < 1.29 is 8.42 Å². The van der Waals surface area contributed by atoms with Gasteiger partial charge in [0.1, 0.15) is 0 Å². The second-order valence-corrected chi connectivity index (χ2v) is 7.28. The van der Waals surface area contributed by atoms with Crippen molar-refractivity contribution in [3.8, 4) is 0 Å². The van der Waals surface area contributed by atoms with Crippen molar-refractivity contribution in [1.82, 2.24) is 9.62 Å². The van der Waals surface area contributed by atoms with E-state index in [4.69, 9.17) is 0 Å². The van der Waals surface area contributed by atoms with Gasteiger partial charge in [0.05, 0.1) is 5.75 Å². The molecule has 0 aromatic carbocycles. The molecule has 0 aromatic heterocycles. The maximum atomic E-state index is 12.2. The van der Waals surface area contributed by atoms with Crippen molar-refractivity contribution in [2.45, 2.75) is 57.5 Å². The number of nitrogens with zero attached hydrogens (tertiary/aromatic N) is 1. The summed E-state index contributed by atoms with van der Waals surface area (Å²) in [7, 11) is -3.01. The van der Waals surface area contributed by atoms with E-state index >= 15 is 0 Å². The summed E-state index contributed by atoms with van der Waals surface area (Å²) in [5, 5.41) is 3.36. The van der Waals surface area contributed by atoms with Crippen LogP contribution in [-0.2, 0) is 10.0 Å². The van der Waals surface area contributed by atoms with E-state index in [0.29, 0.717) is 24.4 Å². The van der Waals surface area contributed by atoms with Gasteiger partial charge in [0.15, 0.2) is 0 Å². The highest BCUT2D eigenvalue weighted by Crippen LogP contribution is 2.29. The minimum Gasteiger partial charge on any atom is -0.314 e. The molecular formula is C12H24N2O2S. The average molecular weight is 260 g/mol. The molecule has 0 bridgehead atoms. The van der Waals surface area contributed by atoms with Gasteiger partial charge >= 0.3 is 0 Å². The maximum absolute atomic E-state index is 12.2. The molecular weight excluding hydrogens is 236 g/mol. The van der Waals surface area contributed by atoms with Gasteiger partial charge in [-0.2, -0.15) is 4.31 Å². The van der Waals surface area contributed by atoms with Crippen LogP contribution in [0.25, 0.3) is 0 Å². The van der Waals surface area contributed by atoms with Crippen molar-refractivity contribution in [2.24, 2.45) is 0 Å². The summed E-state index contributed by atoms with van der Waals surface area (Å²) in [6, 6.07) is 0.990. The van der Waals surface area contributed by atoms with Gasteiger partial charge in [-0.3, -0.25) is 0 Å². The second kappa shape index (κ2) is 5.67. The molecule has 0 aliphatic heterocycles. The molecule has 0 unspecified atom stereocenters. The largest absolute Gasteiger partial charge is 0.314 e. The van der Waals surface area contributed by atoms with Gasteiger partial charge in [-0.15, -0.1) is 0 Å². The van der Waals surface area contributed by atoms with Crippen molar-refractivity contribution in [3.05, 3.63) is 0 Å². The Morgan fingerprint density at radius 1 is 1.24 bits per heavy atom. The topological polar surface area (TPSA) is 49.4 Å². The van der Waals surface area contributed by atoms with E-state index in [-0.39, 0.29) is 0 Å². The van der Waals surface area contributed by atoms with Crippen molar-refractivity contribution in [2.75, 3.05) is 18.8 Å². The Bertz CT molecular complexity index is 334. The van der Waals surface area contributed by atoms with Crippen LogP contribution < -0.4 is 5.32 Å². The Kier molecular flexibility index (Phi) is 4.44. The number of sulfonamides is 1. The lowest BCUT2D eigenvalue weighted by Gasteiger charge is -2.21. The first-order valence-corrected chi connectivity index (χ1v) is 8.47. The van der Waals surface area contributed by atoms with Gasteiger partial charge in [0, 0.05) is 18.6 Å². The van der Waals surface area contributed by atoms with E-state index in [0.717, 1.165) is 32.2 Å². The minimum atomic E-state index is -3.01. The summed E-state index contributed by atoms with van der Waals surface area (Å²) < 4.78 is 26.1. The Morgan fingerprint density at radius 3 is 2.47 bits per heavy atom. The summed E-state index contributed by atoms with van der Waals surface area (Å²) in [5.74, 6) is 0.309. The third-order valence-electron chi connectivity index (χ3n) is 3.34. The summed E-state index contributed by atoms with van der Waals surface area (Å²) in [5.41, 5.74) is 0. The van der Waals surface area contributed by atoms with E-state index in [9.17, 15) is 8.42 Å². The molecule has 1 N–H and O–H groups in total. The molecule has 17 heavy (non-hydrogen) atoms. The predicted octanol–water partition coefficient (Wildman–Crippen LogP) is 1.33. The van der Waals surface area contributed by atoms with Gasteiger partial charge < -0.3 is 5.32 Å². The van der Waals surface area contributed by atoms with Crippen LogP contribution in [0, 0.1) is 0 Å². The zero-order chi connectivity index (χ0) is 12.3. The predicted molar refractivity (Wildman–Crippen MR) is 69.4 cm³/mol. The molecule has 0 heterocycles. The van der Waals surface area contributed by atoms with Gasteiger partial charge in [-0.1, -0.05) is 6.92 Å².